The molecule has 0 fully saturated rings. The van der Waals surface area contributed by atoms with Gasteiger partial charge < -0.3 is 4.98 Å². The summed E-state index contributed by atoms with van der Waals surface area (Å²) in [6.07, 6.45) is 3.54. The number of halogens is 1. The van der Waals surface area contributed by atoms with E-state index in [1.54, 1.807) is 6.07 Å². The smallest absolute Gasteiger partial charge is 0.181 e. The van der Waals surface area contributed by atoms with E-state index in [-0.39, 0.29) is 5.56 Å². The van der Waals surface area contributed by atoms with Crippen LogP contribution in [-0.4, -0.2) is 26.2 Å². The van der Waals surface area contributed by atoms with Crippen LogP contribution in [0.2, 0.25) is 0 Å². The molecule has 2 aromatic heterocycles. The Balaban J connectivity index is 2.06. The molecule has 0 saturated carbocycles. The predicted molar refractivity (Wildman–Crippen MR) is 67.6 cm³/mol. The minimum absolute atomic E-state index is 0.288. The average Bonchev–Trinajstić information content (AvgIpc) is 2.90. The molecule has 0 aliphatic carbocycles. The van der Waals surface area contributed by atoms with Crippen molar-refractivity contribution >= 4 is 29.2 Å². The lowest BCUT2D eigenvalue weighted by molar-refractivity contribution is 0.112. The van der Waals surface area contributed by atoms with Gasteiger partial charge in [-0.2, -0.15) is 0 Å². The first-order valence-corrected chi connectivity index (χ1v) is 6.16. The largest absolute Gasteiger partial charge is 0.341 e. The molecule has 0 amide bonds. The molecule has 0 aliphatic rings. The second-order valence-electron chi connectivity index (χ2n) is 3.68. The van der Waals surface area contributed by atoms with E-state index in [0.717, 1.165) is 0 Å². The second-order valence-corrected chi connectivity index (χ2v) is 4.71. The zero-order valence-corrected chi connectivity index (χ0v) is 10.3. The van der Waals surface area contributed by atoms with Gasteiger partial charge in [0, 0.05) is 10.5 Å². The van der Waals surface area contributed by atoms with Gasteiger partial charge in [-0.25, -0.2) is 19.3 Å². The van der Waals surface area contributed by atoms with Crippen LogP contribution in [0.1, 0.15) is 10.4 Å². The molecule has 0 bridgehead atoms. The molecule has 0 unspecified atom stereocenters. The summed E-state index contributed by atoms with van der Waals surface area (Å²) in [5.41, 5.74) is 1.53. The number of aldehydes is 1. The standard InChI is InChI=1S/C12H7FN4OS/c13-8-1-2-9(7(3-8)4-18)19-12-10-11(15-5-14-10)16-6-17-12/h1-6H,(H,14,15,16,17). The van der Waals surface area contributed by atoms with E-state index in [9.17, 15) is 9.18 Å². The highest BCUT2D eigenvalue weighted by Gasteiger charge is 2.11. The highest BCUT2D eigenvalue weighted by Crippen LogP contribution is 2.31. The number of imidazole rings is 1. The maximum Gasteiger partial charge on any atom is 0.181 e. The molecule has 0 spiro atoms. The Kier molecular flexibility index (Phi) is 2.96. The van der Waals surface area contributed by atoms with Gasteiger partial charge in [0.1, 0.15) is 22.7 Å². The Bertz CT molecular complexity index is 758. The fraction of sp³-hybridized carbons (Fsp3) is 0. The fourth-order valence-electron chi connectivity index (χ4n) is 1.63. The summed E-state index contributed by atoms with van der Waals surface area (Å²) in [6.45, 7) is 0. The Labute approximate surface area is 111 Å². The summed E-state index contributed by atoms with van der Waals surface area (Å²) in [7, 11) is 0. The van der Waals surface area contributed by atoms with E-state index >= 15 is 0 Å². The van der Waals surface area contributed by atoms with Crippen LogP contribution in [0, 0.1) is 5.82 Å². The van der Waals surface area contributed by atoms with Crippen LogP contribution in [0.15, 0.2) is 40.8 Å². The highest BCUT2D eigenvalue weighted by atomic mass is 32.2. The zero-order valence-electron chi connectivity index (χ0n) is 9.50. The van der Waals surface area contributed by atoms with Gasteiger partial charge in [0.25, 0.3) is 0 Å². The van der Waals surface area contributed by atoms with Crippen LogP contribution in [0.4, 0.5) is 4.39 Å². The summed E-state index contributed by atoms with van der Waals surface area (Å²) in [6, 6.07) is 4.05. The summed E-state index contributed by atoms with van der Waals surface area (Å²) < 4.78 is 13.1. The van der Waals surface area contributed by atoms with Gasteiger partial charge in [-0.1, -0.05) is 11.8 Å². The van der Waals surface area contributed by atoms with Gasteiger partial charge >= 0.3 is 0 Å². The summed E-state index contributed by atoms with van der Waals surface area (Å²) in [4.78, 5) is 26.7. The van der Waals surface area contributed by atoms with Gasteiger partial charge in [-0.3, -0.25) is 4.79 Å². The Morgan fingerprint density at radius 1 is 1.26 bits per heavy atom. The number of carbonyl (C=O) groups excluding carboxylic acids is 1. The maximum absolute atomic E-state index is 13.1. The average molecular weight is 274 g/mol. The van der Waals surface area contributed by atoms with Crippen molar-refractivity contribution < 1.29 is 9.18 Å². The lowest BCUT2D eigenvalue weighted by Gasteiger charge is -2.04. The van der Waals surface area contributed by atoms with Gasteiger partial charge in [0.15, 0.2) is 11.9 Å². The van der Waals surface area contributed by atoms with E-state index < -0.39 is 5.82 Å². The third-order valence-corrected chi connectivity index (χ3v) is 3.59. The molecular weight excluding hydrogens is 267 g/mol. The van der Waals surface area contributed by atoms with Gasteiger partial charge in [-0.15, -0.1) is 0 Å². The number of nitrogens with one attached hydrogen (secondary N) is 1. The van der Waals surface area contributed by atoms with E-state index in [2.05, 4.69) is 19.9 Å². The molecule has 3 aromatic rings. The van der Waals surface area contributed by atoms with Crippen LogP contribution in [0.3, 0.4) is 0 Å². The predicted octanol–water partition coefficient (Wildman–Crippen LogP) is 2.46. The summed E-state index contributed by atoms with van der Waals surface area (Å²) >= 11 is 1.26. The number of nitrogens with zero attached hydrogens (tertiary/aromatic N) is 3. The SMILES string of the molecule is O=Cc1cc(F)ccc1Sc1ncnc2nc[nH]c12. The fourth-order valence-corrected chi connectivity index (χ4v) is 2.55. The molecule has 19 heavy (non-hydrogen) atoms. The Morgan fingerprint density at radius 2 is 2.16 bits per heavy atom. The minimum Gasteiger partial charge on any atom is -0.341 e. The lowest BCUT2D eigenvalue weighted by atomic mass is 10.2. The number of hydrogen-bond acceptors (Lipinski definition) is 5. The number of aromatic amines is 1. The molecule has 1 N–H and O–H groups in total. The van der Waals surface area contributed by atoms with Crippen molar-refractivity contribution in [2.75, 3.05) is 0 Å². The third kappa shape index (κ3) is 2.19. The van der Waals surface area contributed by atoms with Crippen molar-refractivity contribution in [2.24, 2.45) is 0 Å². The molecule has 5 nitrogen and oxygen atoms in total. The van der Waals surface area contributed by atoms with Crippen LogP contribution < -0.4 is 0 Å². The maximum atomic E-state index is 13.1. The molecule has 2 heterocycles. The number of aromatic nitrogens is 4. The number of fused-ring (bicyclic) bond motifs is 1. The monoisotopic (exact) mass is 274 g/mol. The molecule has 3 rings (SSSR count). The quantitative estimate of drug-likeness (QED) is 0.586. The van der Waals surface area contributed by atoms with E-state index in [1.165, 1.54) is 36.5 Å². The van der Waals surface area contributed by atoms with Crippen LogP contribution in [0.25, 0.3) is 11.2 Å². The van der Waals surface area contributed by atoms with Crippen molar-refractivity contribution in [1.82, 2.24) is 19.9 Å². The van der Waals surface area contributed by atoms with Crippen LogP contribution >= 0.6 is 11.8 Å². The summed E-state index contributed by atoms with van der Waals surface area (Å²) in [5, 5.41) is 0.636. The van der Waals surface area contributed by atoms with Crippen LogP contribution in [0.5, 0.6) is 0 Å². The van der Waals surface area contributed by atoms with E-state index in [0.29, 0.717) is 27.4 Å². The van der Waals surface area contributed by atoms with Gasteiger partial charge in [0.2, 0.25) is 0 Å². The van der Waals surface area contributed by atoms with Crippen molar-refractivity contribution in [3.63, 3.8) is 0 Å². The van der Waals surface area contributed by atoms with Crippen molar-refractivity contribution in [2.45, 2.75) is 9.92 Å². The number of hydrogen-bond donors (Lipinski definition) is 1. The van der Waals surface area contributed by atoms with Crippen LogP contribution in [-0.2, 0) is 0 Å². The van der Waals surface area contributed by atoms with E-state index in [1.807, 2.05) is 0 Å². The topological polar surface area (TPSA) is 71.5 Å². The molecule has 0 radical (unpaired) electrons. The van der Waals surface area contributed by atoms with E-state index in [4.69, 9.17) is 0 Å². The Morgan fingerprint density at radius 3 is 3.00 bits per heavy atom. The first kappa shape index (κ1) is 11.8. The molecule has 94 valence electrons. The molecular formula is C12H7FN4OS. The number of H-pyrrole nitrogens is 1. The van der Waals surface area contributed by atoms with Gasteiger partial charge in [-0.05, 0) is 18.2 Å². The molecule has 1 aromatic carbocycles. The zero-order chi connectivity index (χ0) is 13.2. The summed E-state index contributed by atoms with van der Waals surface area (Å²) in [5.74, 6) is -0.444. The first-order valence-electron chi connectivity index (χ1n) is 5.34. The number of carbonyl (C=O) groups is 1. The number of benzene rings is 1. The third-order valence-electron chi connectivity index (χ3n) is 2.49. The van der Waals surface area contributed by atoms with Crippen molar-refractivity contribution in [3.8, 4) is 0 Å². The van der Waals surface area contributed by atoms with Crippen molar-refractivity contribution in [3.05, 3.63) is 42.2 Å². The van der Waals surface area contributed by atoms with Crippen molar-refractivity contribution in [1.29, 1.82) is 0 Å². The highest BCUT2D eigenvalue weighted by molar-refractivity contribution is 7.99. The normalized spacial score (nSPS) is 10.8. The number of rotatable bonds is 3. The molecule has 0 atom stereocenters. The molecule has 0 saturated heterocycles. The van der Waals surface area contributed by atoms with Gasteiger partial charge in [0.05, 0.1) is 6.33 Å². The Hall–Kier alpha value is -2.28. The molecule has 0 aliphatic heterocycles. The molecule has 7 heteroatoms. The lowest BCUT2D eigenvalue weighted by Crippen LogP contribution is -1.90. The second kappa shape index (κ2) is 4.77. The first-order chi connectivity index (χ1) is 9.28. The minimum atomic E-state index is -0.444.